The molecule has 11 heteroatoms. The van der Waals surface area contributed by atoms with Gasteiger partial charge in [-0.15, -0.1) is 0 Å². The monoisotopic (exact) mass is 912 g/mol. The van der Waals surface area contributed by atoms with Crippen LogP contribution < -0.4 is 5.32 Å². The molecule has 0 radical (unpaired) electrons. The van der Waals surface area contributed by atoms with Crippen molar-refractivity contribution in [2.24, 2.45) is 0 Å². The summed E-state index contributed by atoms with van der Waals surface area (Å²) in [7, 11) is 0. The van der Waals surface area contributed by atoms with E-state index in [-0.39, 0.29) is 19.4 Å². The molecule has 1 aliphatic rings. The number of amides is 1. The molecule has 0 spiro atoms. The van der Waals surface area contributed by atoms with Crippen molar-refractivity contribution in [1.29, 1.82) is 0 Å². The van der Waals surface area contributed by atoms with Crippen LogP contribution in [0.15, 0.2) is 97.2 Å². The van der Waals surface area contributed by atoms with Gasteiger partial charge in [0.2, 0.25) is 5.91 Å². The summed E-state index contributed by atoms with van der Waals surface area (Å²) in [5.41, 5.74) is 0. The van der Waals surface area contributed by atoms with Crippen molar-refractivity contribution in [3.63, 3.8) is 0 Å². The SMILES string of the molecule is CC/C=C/C=C/C=C\C=C/CCCCCC(=O)OC1C(OCC(NC(=O)C(O)CCCCCC\C=C/C=C/C=C/CC)C(O)/C=C/CCCCCCCCCCC)OC(CO)C(O)C1O. The molecule has 1 heterocycles. The maximum atomic E-state index is 13.3. The normalized spacial score (nSPS) is 21.1. The van der Waals surface area contributed by atoms with E-state index in [9.17, 15) is 35.1 Å². The Morgan fingerprint density at radius 3 is 1.66 bits per heavy atom. The third-order valence-electron chi connectivity index (χ3n) is 11.1. The van der Waals surface area contributed by atoms with Gasteiger partial charge in [0.05, 0.1) is 25.4 Å². The van der Waals surface area contributed by atoms with Crippen LogP contribution in [0.4, 0.5) is 0 Å². The van der Waals surface area contributed by atoms with Crippen LogP contribution in [0.1, 0.15) is 168 Å². The van der Waals surface area contributed by atoms with E-state index >= 15 is 0 Å². The van der Waals surface area contributed by atoms with Gasteiger partial charge in [-0.25, -0.2) is 0 Å². The van der Waals surface area contributed by atoms with Gasteiger partial charge >= 0.3 is 5.97 Å². The Kier molecular flexibility index (Phi) is 38.5. The van der Waals surface area contributed by atoms with E-state index < -0.39 is 67.4 Å². The van der Waals surface area contributed by atoms with Crippen molar-refractivity contribution in [1.82, 2.24) is 5.32 Å². The number of nitrogens with one attached hydrogen (secondary N) is 1. The van der Waals surface area contributed by atoms with Gasteiger partial charge in [0.25, 0.3) is 0 Å². The number of carbonyl (C=O) groups excluding carboxylic acids is 2. The van der Waals surface area contributed by atoms with E-state index in [1.54, 1.807) is 6.08 Å². The van der Waals surface area contributed by atoms with E-state index in [0.29, 0.717) is 12.8 Å². The Morgan fingerprint density at radius 1 is 0.615 bits per heavy atom. The summed E-state index contributed by atoms with van der Waals surface area (Å²) in [5.74, 6) is -1.27. The number of allylic oxidation sites excluding steroid dienone is 15. The summed E-state index contributed by atoms with van der Waals surface area (Å²) in [4.78, 5) is 26.3. The number of unbranched alkanes of at least 4 members (excludes halogenated alkanes) is 16. The first-order valence-electron chi connectivity index (χ1n) is 25.1. The maximum Gasteiger partial charge on any atom is 0.306 e. The highest BCUT2D eigenvalue weighted by molar-refractivity contribution is 5.80. The number of rotatable bonds is 39. The zero-order valence-corrected chi connectivity index (χ0v) is 40.3. The molecule has 1 rings (SSSR count). The van der Waals surface area contributed by atoms with E-state index in [0.717, 1.165) is 83.5 Å². The lowest BCUT2D eigenvalue weighted by molar-refractivity contribution is -0.305. The molecule has 1 aliphatic heterocycles. The minimum Gasteiger partial charge on any atom is -0.454 e. The minimum atomic E-state index is -1.64. The molecule has 0 bridgehead atoms. The number of esters is 1. The molecule has 1 saturated heterocycles. The first-order chi connectivity index (χ1) is 31.7. The molecule has 8 unspecified atom stereocenters. The fourth-order valence-corrected chi connectivity index (χ4v) is 7.13. The molecular formula is C54H89NO10. The lowest BCUT2D eigenvalue weighted by atomic mass is 9.99. The molecule has 0 aliphatic carbocycles. The standard InChI is InChI=1S/C54H89NO10/c1-4-7-10-13-16-19-22-24-27-30-33-36-39-42-49(59)65-52-51(61)50(60)48(43-56)64-54(52)63-44-45(46(57)40-37-34-31-28-25-21-18-15-12-9-6-3)55-53(62)47(58)41-38-35-32-29-26-23-20-17-14-11-8-5-2/h7-8,10-11,13-14,16-17,19-20,22-24,27,37,40,45-48,50-52,54,56-58,60-61H,4-6,9,12,15,18,21,25-26,28-36,38-39,41-44H2,1-3H3,(H,55,62)/b10-7+,11-8+,16-13+,17-14+,22-19-,23-20-,27-24-,40-37+. The predicted molar refractivity (Wildman–Crippen MR) is 264 cm³/mol. The molecule has 0 aromatic rings. The Hall–Kier alpha value is -3.42. The van der Waals surface area contributed by atoms with Crippen LogP contribution in [0.25, 0.3) is 0 Å². The second-order valence-corrected chi connectivity index (χ2v) is 16.9. The van der Waals surface area contributed by atoms with Crippen LogP contribution in [-0.2, 0) is 23.8 Å². The highest BCUT2D eigenvalue weighted by Gasteiger charge is 2.47. The van der Waals surface area contributed by atoms with E-state index in [2.05, 4.69) is 50.4 Å². The number of ether oxygens (including phenoxy) is 3. The van der Waals surface area contributed by atoms with Crippen molar-refractivity contribution < 1.29 is 49.3 Å². The molecule has 6 N–H and O–H groups in total. The van der Waals surface area contributed by atoms with Gasteiger partial charge in [-0.1, -0.05) is 195 Å². The van der Waals surface area contributed by atoms with E-state index in [1.807, 2.05) is 66.8 Å². The third kappa shape index (κ3) is 31.2. The minimum absolute atomic E-state index is 0.0695. The van der Waals surface area contributed by atoms with Gasteiger partial charge < -0.3 is 45.1 Å². The summed E-state index contributed by atoms with van der Waals surface area (Å²) >= 11 is 0. The third-order valence-corrected chi connectivity index (χ3v) is 11.1. The summed E-state index contributed by atoms with van der Waals surface area (Å²) in [6, 6.07) is -1.05. The van der Waals surface area contributed by atoms with Gasteiger partial charge in [-0.05, 0) is 64.2 Å². The zero-order chi connectivity index (χ0) is 47.6. The van der Waals surface area contributed by atoms with Crippen LogP contribution in [0.2, 0.25) is 0 Å². The van der Waals surface area contributed by atoms with Crippen LogP contribution in [0.3, 0.4) is 0 Å². The van der Waals surface area contributed by atoms with Crippen molar-refractivity contribution >= 4 is 11.9 Å². The van der Waals surface area contributed by atoms with Crippen LogP contribution in [0.5, 0.6) is 0 Å². The molecule has 370 valence electrons. The highest BCUT2D eigenvalue weighted by atomic mass is 16.7. The molecule has 65 heavy (non-hydrogen) atoms. The number of aliphatic hydroxyl groups excluding tert-OH is 5. The molecule has 11 nitrogen and oxygen atoms in total. The Bertz CT molecular complexity index is 1420. The van der Waals surface area contributed by atoms with E-state index in [4.69, 9.17) is 14.2 Å². The summed E-state index contributed by atoms with van der Waals surface area (Å²) in [5, 5.41) is 56.4. The molecule has 0 saturated carbocycles. The van der Waals surface area contributed by atoms with Crippen molar-refractivity contribution in [2.75, 3.05) is 13.2 Å². The Morgan fingerprint density at radius 2 is 1.11 bits per heavy atom. The van der Waals surface area contributed by atoms with Crippen molar-refractivity contribution in [2.45, 2.75) is 217 Å². The van der Waals surface area contributed by atoms with Crippen LogP contribution in [0, 0.1) is 0 Å². The smallest absolute Gasteiger partial charge is 0.306 e. The maximum absolute atomic E-state index is 13.3. The molecule has 1 fully saturated rings. The van der Waals surface area contributed by atoms with Gasteiger partial charge in [0.1, 0.15) is 24.4 Å². The average Bonchev–Trinajstić information content (AvgIpc) is 3.30. The number of aliphatic hydroxyl groups is 5. The molecule has 0 aromatic carbocycles. The first-order valence-corrected chi connectivity index (χ1v) is 25.1. The Labute approximate surface area is 393 Å². The average molecular weight is 912 g/mol. The van der Waals surface area contributed by atoms with E-state index in [1.165, 1.54) is 38.5 Å². The lowest BCUT2D eigenvalue weighted by Crippen LogP contribution is -2.61. The molecule has 1 amide bonds. The second kappa shape index (κ2) is 42.0. The number of hydrogen-bond acceptors (Lipinski definition) is 10. The summed E-state index contributed by atoms with van der Waals surface area (Å²) in [6.45, 7) is 5.41. The number of carbonyl (C=O) groups is 2. The van der Waals surface area contributed by atoms with Gasteiger partial charge in [-0.2, -0.15) is 0 Å². The van der Waals surface area contributed by atoms with Crippen molar-refractivity contribution in [3.05, 3.63) is 97.2 Å². The quantitative estimate of drug-likeness (QED) is 0.0151. The van der Waals surface area contributed by atoms with Gasteiger partial charge in [0, 0.05) is 6.42 Å². The zero-order valence-electron chi connectivity index (χ0n) is 40.3. The fraction of sp³-hybridized carbons (Fsp3) is 0.667. The topological polar surface area (TPSA) is 175 Å². The molecule has 0 aromatic heterocycles. The van der Waals surface area contributed by atoms with Gasteiger partial charge in [-0.3, -0.25) is 9.59 Å². The molecular weight excluding hydrogens is 823 g/mol. The Balaban J connectivity index is 2.85. The summed E-state index contributed by atoms with van der Waals surface area (Å²) < 4.78 is 17.4. The fourth-order valence-electron chi connectivity index (χ4n) is 7.13. The molecule has 8 atom stereocenters. The first kappa shape index (κ1) is 59.6. The lowest BCUT2D eigenvalue weighted by Gasteiger charge is -2.41. The predicted octanol–water partition coefficient (Wildman–Crippen LogP) is 10.0. The summed E-state index contributed by atoms with van der Waals surface area (Å²) in [6.07, 6.45) is 43.3. The second-order valence-electron chi connectivity index (χ2n) is 16.9. The number of hydrogen-bond donors (Lipinski definition) is 6. The van der Waals surface area contributed by atoms with Gasteiger partial charge in [0.15, 0.2) is 12.4 Å². The van der Waals surface area contributed by atoms with Crippen LogP contribution >= 0.6 is 0 Å². The largest absolute Gasteiger partial charge is 0.454 e. The van der Waals surface area contributed by atoms with Crippen LogP contribution in [-0.4, -0.2) is 99.6 Å². The highest BCUT2D eigenvalue weighted by Crippen LogP contribution is 2.26. The van der Waals surface area contributed by atoms with Crippen molar-refractivity contribution in [3.8, 4) is 0 Å².